The molecule has 0 radical (unpaired) electrons. The lowest BCUT2D eigenvalue weighted by Crippen LogP contribution is -2.21. The lowest BCUT2D eigenvalue weighted by Gasteiger charge is -2.10. The molecule has 0 heterocycles. The van der Waals surface area contributed by atoms with Crippen LogP contribution in [-0.4, -0.2) is 41.3 Å². The van der Waals surface area contributed by atoms with Gasteiger partial charge in [0.15, 0.2) is 0 Å². The summed E-state index contributed by atoms with van der Waals surface area (Å²) in [6, 6.07) is 0.120. The molecule has 84 valence electrons. The van der Waals surface area contributed by atoms with Crippen LogP contribution in [0, 0.1) is 0 Å². The van der Waals surface area contributed by atoms with Gasteiger partial charge in [-0.1, -0.05) is 0 Å². The lowest BCUT2D eigenvalue weighted by molar-refractivity contribution is -0.144. The maximum Gasteiger partial charge on any atom is 0.308 e. The molecule has 0 aromatic carbocycles. The summed E-state index contributed by atoms with van der Waals surface area (Å²) in [5, 5.41) is 9.40. The van der Waals surface area contributed by atoms with E-state index in [9.17, 15) is 9.90 Å². The van der Waals surface area contributed by atoms with Gasteiger partial charge in [0.1, 0.15) is 0 Å². The number of aliphatic hydroxyl groups is 1. The van der Waals surface area contributed by atoms with Crippen LogP contribution in [0.3, 0.4) is 0 Å². The van der Waals surface area contributed by atoms with E-state index in [0.29, 0.717) is 12.4 Å². The number of ether oxygens (including phenoxy) is 1. The summed E-state index contributed by atoms with van der Waals surface area (Å²) in [6.45, 7) is 4.01. The minimum absolute atomic E-state index is 0.0692. The summed E-state index contributed by atoms with van der Waals surface area (Å²) in [5.74, 6) is 0.974. The van der Waals surface area contributed by atoms with Gasteiger partial charge >= 0.3 is 5.97 Å². The second kappa shape index (κ2) is 8.08. The average molecular weight is 221 g/mol. The van der Waals surface area contributed by atoms with E-state index in [4.69, 9.17) is 10.5 Å². The summed E-state index contributed by atoms with van der Waals surface area (Å²) in [5.41, 5.74) is 5.53. The van der Waals surface area contributed by atoms with Crippen LogP contribution < -0.4 is 5.73 Å². The maximum atomic E-state index is 10.9. The summed E-state index contributed by atoms with van der Waals surface area (Å²) in [6.07, 6.45) is -0.558. The van der Waals surface area contributed by atoms with Crippen LogP contribution >= 0.6 is 11.8 Å². The largest absolute Gasteiger partial charge is 0.466 e. The Kier molecular flexibility index (Phi) is 7.93. The second-order valence-electron chi connectivity index (χ2n) is 3.18. The molecule has 14 heavy (non-hydrogen) atoms. The van der Waals surface area contributed by atoms with E-state index in [1.165, 1.54) is 0 Å². The van der Waals surface area contributed by atoms with Gasteiger partial charge in [0.25, 0.3) is 0 Å². The molecule has 0 fully saturated rings. The van der Waals surface area contributed by atoms with Gasteiger partial charge in [0.05, 0.1) is 19.1 Å². The highest BCUT2D eigenvalue weighted by molar-refractivity contribution is 7.99. The van der Waals surface area contributed by atoms with Crippen molar-refractivity contribution in [2.75, 3.05) is 18.1 Å². The third kappa shape index (κ3) is 8.34. The Balaban J connectivity index is 3.44. The van der Waals surface area contributed by atoms with E-state index in [0.717, 1.165) is 5.75 Å². The van der Waals surface area contributed by atoms with Crippen molar-refractivity contribution in [2.45, 2.75) is 32.4 Å². The van der Waals surface area contributed by atoms with Crippen LogP contribution in [0.25, 0.3) is 0 Å². The molecule has 0 saturated heterocycles. The van der Waals surface area contributed by atoms with Crippen LogP contribution in [0.15, 0.2) is 0 Å². The number of hydrogen-bond donors (Lipinski definition) is 2. The predicted molar refractivity (Wildman–Crippen MR) is 58.2 cm³/mol. The summed E-state index contributed by atoms with van der Waals surface area (Å²) in [4.78, 5) is 10.9. The minimum Gasteiger partial charge on any atom is -0.466 e. The minimum atomic E-state index is -0.627. The molecule has 0 aliphatic heterocycles. The van der Waals surface area contributed by atoms with E-state index >= 15 is 0 Å². The molecule has 0 spiro atoms. The molecule has 0 bridgehead atoms. The van der Waals surface area contributed by atoms with E-state index in [1.807, 2.05) is 6.92 Å². The molecule has 2 unspecified atom stereocenters. The highest BCUT2D eigenvalue weighted by Gasteiger charge is 2.11. The number of nitrogens with two attached hydrogens (primary N) is 1. The molecule has 2 atom stereocenters. The molecule has 0 aromatic heterocycles. The first-order valence-electron chi connectivity index (χ1n) is 4.73. The van der Waals surface area contributed by atoms with Crippen molar-refractivity contribution in [1.82, 2.24) is 0 Å². The first kappa shape index (κ1) is 13.7. The van der Waals surface area contributed by atoms with E-state index in [1.54, 1.807) is 18.7 Å². The third-order valence-electron chi connectivity index (χ3n) is 1.40. The Morgan fingerprint density at radius 2 is 2.21 bits per heavy atom. The first-order chi connectivity index (χ1) is 6.56. The Labute approximate surface area is 89.2 Å². The van der Waals surface area contributed by atoms with Gasteiger partial charge in [-0.05, 0) is 13.8 Å². The number of aliphatic hydroxyl groups excluding tert-OH is 1. The van der Waals surface area contributed by atoms with Crippen molar-refractivity contribution < 1.29 is 14.6 Å². The van der Waals surface area contributed by atoms with Crippen LogP contribution in [0.2, 0.25) is 0 Å². The van der Waals surface area contributed by atoms with Gasteiger partial charge in [-0.3, -0.25) is 4.79 Å². The van der Waals surface area contributed by atoms with Crippen LogP contribution in [0.4, 0.5) is 0 Å². The van der Waals surface area contributed by atoms with Crippen molar-refractivity contribution in [3.63, 3.8) is 0 Å². The Morgan fingerprint density at radius 3 is 2.71 bits per heavy atom. The maximum absolute atomic E-state index is 10.9. The summed E-state index contributed by atoms with van der Waals surface area (Å²) < 4.78 is 4.71. The lowest BCUT2D eigenvalue weighted by atomic mass is 10.3. The number of carbonyl (C=O) groups is 1. The monoisotopic (exact) mass is 221 g/mol. The summed E-state index contributed by atoms with van der Waals surface area (Å²) in [7, 11) is 0. The van der Waals surface area contributed by atoms with Crippen molar-refractivity contribution in [3.8, 4) is 0 Å². The fourth-order valence-corrected chi connectivity index (χ4v) is 1.76. The normalized spacial score (nSPS) is 14.9. The molecular weight excluding hydrogens is 202 g/mol. The molecule has 4 nitrogen and oxygen atoms in total. The zero-order chi connectivity index (χ0) is 11.0. The first-order valence-corrected chi connectivity index (χ1v) is 5.88. The second-order valence-corrected chi connectivity index (χ2v) is 4.25. The Hall–Kier alpha value is -0.260. The SMILES string of the molecule is CCOC(=O)CC(O)CSCC(C)N. The fourth-order valence-electron chi connectivity index (χ4n) is 0.861. The van der Waals surface area contributed by atoms with Crippen molar-refractivity contribution in [3.05, 3.63) is 0 Å². The quantitative estimate of drug-likeness (QED) is 0.608. The smallest absolute Gasteiger partial charge is 0.308 e. The van der Waals surface area contributed by atoms with Crippen molar-refractivity contribution in [2.24, 2.45) is 5.73 Å². The highest BCUT2D eigenvalue weighted by Crippen LogP contribution is 2.07. The molecule has 0 amide bonds. The molecule has 0 saturated carbocycles. The van der Waals surface area contributed by atoms with Crippen molar-refractivity contribution >= 4 is 17.7 Å². The molecule has 5 heteroatoms. The average Bonchev–Trinajstić information content (AvgIpc) is 2.03. The number of thioether (sulfide) groups is 1. The molecular formula is C9H19NO3S. The van der Waals surface area contributed by atoms with Gasteiger partial charge < -0.3 is 15.6 Å². The molecule has 0 aliphatic carbocycles. The van der Waals surface area contributed by atoms with Crippen LogP contribution in [0.1, 0.15) is 20.3 Å². The molecule has 0 rings (SSSR count). The summed E-state index contributed by atoms with van der Waals surface area (Å²) >= 11 is 1.55. The standard InChI is InChI=1S/C9H19NO3S/c1-3-13-9(12)4-8(11)6-14-5-7(2)10/h7-8,11H,3-6,10H2,1-2H3. The van der Waals surface area contributed by atoms with Crippen LogP contribution in [0.5, 0.6) is 0 Å². The van der Waals surface area contributed by atoms with Gasteiger partial charge in [0.2, 0.25) is 0 Å². The highest BCUT2D eigenvalue weighted by atomic mass is 32.2. The number of carbonyl (C=O) groups excluding carboxylic acids is 1. The topological polar surface area (TPSA) is 72.5 Å². The van der Waals surface area contributed by atoms with Gasteiger partial charge in [-0.25, -0.2) is 0 Å². The van der Waals surface area contributed by atoms with Gasteiger partial charge in [-0.2, -0.15) is 11.8 Å². The molecule has 0 aliphatic rings. The fraction of sp³-hybridized carbons (Fsp3) is 0.889. The predicted octanol–water partition coefficient (Wildman–Crippen LogP) is 0.381. The molecule has 3 N–H and O–H groups in total. The number of esters is 1. The van der Waals surface area contributed by atoms with Gasteiger partial charge in [-0.15, -0.1) is 0 Å². The van der Waals surface area contributed by atoms with Crippen LogP contribution in [-0.2, 0) is 9.53 Å². The third-order valence-corrected chi connectivity index (χ3v) is 2.78. The Morgan fingerprint density at radius 1 is 1.57 bits per heavy atom. The van der Waals surface area contributed by atoms with Gasteiger partial charge in [0, 0.05) is 17.5 Å². The van der Waals surface area contributed by atoms with E-state index in [2.05, 4.69) is 0 Å². The zero-order valence-corrected chi connectivity index (χ0v) is 9.55. The molecule has 0 aromatic rings. The number of hydrogen-bond acceptors (Lipinski definition) is 5. The number of rotatable bonds is 7. The van der Waals surface area contributed by atoms with Crippen molar-refractivity contribution in [1.29, 1.82) is 0 Å². The van der Waals surface area contributed by atoms with E-state index in [-0.39, 0.29) is 18.4 Å². The zero-order valence-electron chi connectivity index (χ0n) is 8.73. The Bertz CT molecular complexity index is 164. The van der Waals surface area contributed by atoms with E-state index < -0.39 is 6.10 Å².